The number of nitrogens with zero attached hydrogens (tertiary/aromatic N) is 3. The highest BCUT2D eigenvalue weighted by Crippen LogP contribution is 2.22. The van der Waals surface area contributed by atoms with Crippen molar-refractivity contribution in [3.8, 4) is 11.5 Å². The number of hydrogen-bond acceptors (Lipinski definition) is 7. The summed E-state index contributed by atoms with van der Waals surface area (Å²) in [5.41, 5.74) is 1.58. The number of hydrogen-bond donors (Lipinski definition) is 2. The molecule has 1 fully saturated rings. The second-order valence-corrected chi connectivity index (χ2v) is 6.52. The molecule has 8 nitrogen and oxygen atoms in total. The van der Waals surface area contributed by atoms with Crippen LogP contribution in [0.4, 0.5) is 11.7 Å². The van der Waals surface area contributed by atoms with Crippen LogP contribution in [-0.2, 0) is 9.53 Å². The van der Waals surface area contributed by atoms with Gasteiger partial charge in [-0.3, -0.25) is 9.69 Å². The molecule has 2 aromatic rings. The van der Waals surface area contributed by atoms with Crippen LogP contribution in [-0.4, -0.2) is 60.4 Å². The second kappa shape index (κ2) is 10.0. The van der Waals surface area contributed by atoms with Gasteiger partial charge < -0.3 is 19.8 Å². The van der Waals surface area contributed by atoms with Crippen molar-refractivity contribution in [3.05, 3.63) is 24.3 Å². The Morgan fingerprint density at radius 3 is 2.70 bits per heavy atom. The molecule has 1 aromatic heterocycles. The number of rotatable bonds is 9. The summed E-state index contributed by atoms with van der Waals surface area (Å²) in [6.07, 6.45) is 2.35. The van der Waals surface area contributed by atoms with Crippen LogP contribution in [0.1, 0.15) is 26.2 Å². The minimum atomic E-state index is 0.0200. The molecule has 0 spiro atoms. The Hall–Kier alpha value is -2.45. The summed E-state index contributed by atoms with van der Waals surface area (Å²) in [5.74, 6) is 0.476. The predicted molar refractivity (Wildman–Crippen MR) is 104 cm³/mol. The van der Waals surface area contributed by atoms with Crippen molar-refractivity contribution in [1.82, 2.24) is 15.1 Å². The van der Waals surface area contributed by atoms with Gasteiger partial charge in [0.05, 0.1) is 13.2 Å². The SMILES string of the molecule is CCCC(=O)Nc1ccc(-c2nnc(NCCCN3CCOCC3)o2)cc1. The zero-order valence-electron chi connectivity index (χ0n) is 15.7. The fourth-order valence-corrected chi connectivity index (χ4v) is 2.88. The molecule has 3 rings (SSSR count). The van der Waals surface area contributed by atoms with Crippen molar-refractivity contribution in [2.45, 2.75) is 26.2 Å². The van der Waals surface area contributed by atoms with Gasteiger partial charge in [0.15, 0.2) is 0 Å². The summed E-state index contributed by atoms with van der Waals surface area (Å²) in [4.78, 5) is 14.0. The van der Waals surface area contributed by atoms with Gasteiger partial charge in [-0.2, -0.15) is 0 Å². The van der Waals surface area contributed by atoms with E-state index in [1.54, 1.807) is 0 Å². The summed E-state index contributed by atoms with van der Waals surface area (Å²) in [6, 6.07) is 7.81. The lowest BCUT2D eigenvalue weighted by Crippen LogP contribution is -2.37. The minimum absolute atomic E-state index is 0.0200. The number of ether oxygens (including phenoxy) is 1. The molecular formula is C19H27N5O3. The average Bonchev–Trinajstić information content (AvgIpc) is 3.16. The highest BCUT2D eigenvalue weighted by molar-refractivity contribution is 5.90. The van der Waals surface area contributed by atoms with Crippen LogP contribution < -0.4 is 10.6 Å². The molecule has 1 amide bonds. The van der Waals surface area contributed by atoms with Crippen LogP contribution in [0.25, 0.3) is 11.5 Å². The minimum Gasteiger partial charge on any atom is -0.403 e. The molecule has 8 heteroatoms. The van der Waals surface area contributed by atoms with Crippen molar-refractivity contribution in [3.63, 3.8) is 0 Å². The van der Waals surface area contributed by atoms with E-state index in [-0.39, 0.29) is 5.91 Å². The van der Waals surface area contributed by atoms with Gasteiger partial charge in [0.1, 0.15) is 0 Å². The Bertz CT molecular complexity index is 710. The topological polar surface area (TPSA) is 92.5 Å². The number of aromatic nitrogens is 2. The third-order valence-corrected chi connectivity index (χ3v) is 4.35. The van der Waals surface area contributed by atoms with Crippen LogP contribution >= 0.6 is 0 Å². The Balaban J connectivity index is 1.44. The summed E-state index contributed by atoms with van der Waals surface area (Å²) in [7, 11) is 0. The third kappa shape index (κ3) is 6.04. The fourth-order valence-electron chi connectivity index (χ4n) is 2.88. The molecule has 0 atom stereocenters. The zero-order chi connectivity index (χ0) is 18.9. The van der Waals surface area contributed by atoms with Crippen molar-refractivity contribution in [2.24, 2.45) is 0 Å². The maximum atomic E-state index is 11.6. The highest BCUT2D eigenvalue weighted by atomic mass is 16.5. The smallest absolute Gasteiger partial charge is 0.315 e. The first kappa shape index (κ1) is 19.3. The predicted octanol–water partition coefficient (Wildman–Crippen LogP) is 2.61. The molecule has 146 valence electrons. The maximum absolute atomic E-state index is 11.6. The molecule has 1 saturated heterocycles. The Morgan fingerprint density at radius 1 is 1.19 bits per heavy atom. The maximum Gasteiger partial charge on any atom is 0.315 e. The normalized spacial score (nSPS) is 14.9. The summed E-state index contributed by atoms with van der Waals surface area (Å²) < 4.78 is 11.0. The Labute approximate surface area is 159 Å². The van der Waals surface area contributed by atoms with E-state index in [9.17, 15) is 4.79 Å². The molecule has 0 saturated carbocycles. The summed E-state index contributed by atoms with van der Waals surface area (Å²) >= 11 is 0. The number of benzene rings is 1. The van der Waals surface area contributed by atoms with E-state index in [1.165, 1.54) is 0 Å². The molecule has 1 aromatic carbocycles. The monoisotopic (exact) mass is 373 g/mol. The lowest BCUT2D eigenvalue weighted by atomic mass is 10.2. The van der Waals surface area contributed by atoms with Crippen LogP contribution in [0.5, 0.6) is 0 Å². The first-order chi connectivity index (χ1) is 13.2. The summed E-state index contributed by atoms with van der Waals surface area (Å²) in [6.45, 7) is 7.43. The van der Waals surface area contributed by atoms with E-state index in [1.807, 2.05) is 31.2 Å². The van der Waals surface area contributed by atoms with E-state index >= 15 is 0 Å². The number of amides is 1. The van der Waals surface area contributed by atoms with Crippen molar-refractivity contribution in [1.29, 1.82) is 0 Å². The lowest BCUT2D eigenvalue weighted by Gasteiger charge is -2.26. The van der Waals surface area contributed by atoms with Crippen molar-refractivity contribution in [2.75, 3.05) is 50.0 Å². The van der Waals surface area contributed by atoms with Gasteiger partial charge in [-0.05, 0) is 43.7 Å². The quantitative estimate of drug-likeness (QED) is 0.653. The van der Waals surface area contributed by atoms with Gasteiger partial charge in [0, 0.05) is 37.3 Å². The molecule has 2 N–H and O–H groups in total. The van der Waals surface area contributed by atoms with Gasteiger partial charge >= 0.3 is 6.01 Å². The van der Waals surface area contributed by atoms with Crippen LogP contribution in [0.3, 0.4) is 0 Å². The molecule has 2 heterocycles. The van der Waals surface area contributed by atoms with Gasteiger partial charge in [0.25, 0.3) is 0 Å². The molecule has 0 radical (unpaired) electrons. The summed E-state index contributed by atoms with van der Waals surface area (Å²) in [5, 5.41) is 14.2. The average molecular weight is 373 g/mol. The third-order valence-electron chi connectivity index (χ3n) is 4.35. The molecule has 1 aliphatic rings. The van der Waals surface area contributed by atoms with Crippen molar-refractivity contribution >= 4 is 17.6 Å². The number of anilines is 2. The number of carbonyl (C=O) groups excluding carboxylic acids is 1. The van der Waals surface area contributed by atoms with Crippen LogP contribution in [0.2, 0.25) is 0 Å². The van der Waals surface area contributed by atoms with E-state index in [2.05, 4.69) is 25.7 Å². The molecule has 0 aliphatic carbocycles. The van der Waals surface area contributed by atoms with Gasteiger partial charge in [-0.15, -0.1) is 5.10 Å². The lowest BCUT2D eigenvalue weighted by molar-refractivity contribution is -0.116. The fraction of sp³-hybridized carbons (Fsp3) is 0.526. The van der Waals surface area contributed by atoms with E-state index in [0.29, 0.717) is 18.3 Å². The molecule has 0 bridgehead atoms. The highest BCUT2D eigenvalue weighted by Gasteiger charge is 2.11. The Kier molecular flexibility index (Phi) is 7.18. The van der Waals surface area contributed by atoms with E-state index in [0.717, 1.165) is 63.5 Å². The standard InChI is InChI=1S/C19H27N5O3/c1-2-4-17(25)21-16-7-5-15(6-8-16)18-22-23-19(27-18)20-9-3-10-24-11-13-26-14-12-24/h5-8H,2-4,9-14H2,1H3,(H,20,23)(H,21,25). The van der Waals surface area contributed by atoms with Crippen molar-refractivity contribution < 1.29 is 13.9 Å². The largest absolute Gasteiger partial charge is 0.403 e. The second-order valence-electron chi connectivity index (χ2n) is 6.52. The molecular weight excluding hydrogens is 346 g/mol. The zero-order valence-corrected chi connectivity index (χ0v) is 15.7. The molecule has 27 heavy (non-hydrogen) atoms. The van der Waals surface area contributed by atoms with Crippen LogP contribution in [0.15, 0.2) is 28.7 Å². The number of carbonyl (C=O) groups is 1. The van der Waals surface area contributed by atoms with E-state index in [4.69, 9.17) is 9.15 Å². The molecule has 0 unspecified atom stereocenters. The first-order valence-electron chi connectivity index (χ1n) is 9.52. The van der Waals surface area contributed by atoms with Gasteiger partial charge in [-0.1, -0.05) is 12.0 Å². The van der Waals surface area contributed by atoms with Gasteiger partial charge in [0.2, 0.25) is 11.8 Å². The number of nitrogens with one attached hydrogen (secondary N) is 2. The first-order valence-corrected chi connectivity index (χ1v) is 9.52. The number of morpholine rings is 1. The van der Waals surface area contributed by atoms with Gasteiger partial charge in [-0.25, -0.2) is 0 Å². The van der Waals surface area contributed by atoms with E-state index < -0.39 is 0 Å². The van der Waals surface area contributed by atoms with Crippen LogP contribution in [0, 0.1) is 0 Å². The molecule has 1 aliphatic heterocycles. The Morgan fingerprint density at radius 2 is 1.96 bits per heavy atom.